The van der Waals surface area contributed by atoms with Crippen LogP contribution < -0.4 is 0 Å². The van der Waals surface area contributed by atoms with Crippen molar-refractivity contribution in [3.63, 3.8) is 0 Å². The van der Waals surface area contributed by atoms with E-state index < -0.39 is 0 Å². The van der Waals surface area contributed by atoms with Gasteiger partial charge in [-0.25, -0.2) is 4.68 Å². The number of rotatable bonds is 7. The van der Waals surface area contributed by atoms with Crippen molar-refractivity contribution in [3.8, 4) is 0 Å². The van der Waals surface area contributed by atoms with Crippen LogP contribution in [0.2, 0.25) is 0 Å². The van der Waals surface area contributed by atoms with Crippen molar-refractivity contribution in [2.75, 3.05) is 26.2 Å². The molecule has 1 aromatic heterocycles. The molecular formula is C22H29ClN6. The molecule has 6 nitrogen and oxygen atoms in total. The number of hydrogen-bond acceptors (Lipinski definition) is 5. The molecular weight excluding hydrogens is 384 g/mol. The van der Waals surface area contributed by atoms with Gasteiger partial charge in [0.1, 0.15) is 0 Å². The standard InChI is InChI=1S/C22H28N6.ClH/c1-2-21(22-23-24-25-28(22)18-20-11-7-4-8-12-20)27-15-13-26(14-16-27)17-19-9-5-3-6-10-19;/h3-12,21H,2,13-18H2,1H3;1H. The van der Waals surface area contributed by atoms with Gasteiger partial charge in [0.25, 0.3) is 0 Å². The predicted molar refractivity (Wildman–Crippen MR) is 117 cm³/mol. The summed E-state index contributed by atoms with van der Waals surface area (Å²) in [4.78, 5) is 5.07. The summed E-state index contributed by atoms with van der Waals surface area (Å²) in [5.74, 6) is 0.975. The molecule has 0 bridgehead atoms. The van der Waals surface area contributed by atoms with E-state index in [9.17, 15) is 0 Å². The zero-order valence-electron chi connectivity index (χ0n) is 16.9. The molecule has 154 valence electrons. The highest BCUT2D eigenvalue weighted by Gasteiger charge is 2.27. The SMILES string of the molecule is CCC(c1nnnn1Cc1ccccc1)N1CCN(Cc2ccccc2)CC1.Cl. The van der Waals surface area contributed by atoms with Crippen LogP contribution in [0, 0.1) is 0 Å². The molecule has 1 saturated heterocycles. The first-order chi connectivity index (χ1) is 13.8. The Bertz CT molecular complexity index is 846. The second-order valence-corrected chi connectivity index (χ2v) is 7.40. The van der Waals surface area contributed by atoms with Crippen LogP contribution in [0.1, 0.15) is 36.3 Å². The summed E-state index contributed by atoms with van der Waals surface area (Å²) < 4.78 is 1.96. The van der Waals surface area contributed by atoms with E-state index in [0.717, 1.165) is 45.0 Å². The Balaban J connectivity index is 0.00000240. The molecule has 2 heterocycles. The highest BCUT2D eigenvalue weighted by Crippen LogP contribution is 2.24. The largest absolute Gasteiger partial charge is 0.297 e. The molecule has 2 aromatic carbocycles. The number of nitrogens with zero attached hydrogens (tertiary/aromatic N) is 6. The summed E-state index contributed by atoms with van der Waals surface area (Å²) in [5, 5.41) is 12.6. The molecule has 1 unspecified atom stereocenters. The van der Waals surface area contributed by atoms with Gasteiger partial charge in [-0.3, -0.25) is 9.80 Å². The Kier molecular flexibility index (Phi) is 7.75. The monoisotopic (exact) mass is 412 g/mol. The van der Waals surface area contributed by atoms with Gasteiger partial charge >= 0.3 is 0 Å². The Morgan fingerprint density at radius 2 is 1.41 bits per heavy atom. The highest BCUT2D eigenvalue weighted by atomic mass is 35.5. The van der Waals surface area contributed by atoms with Crippen LogP contribution in [0.15, 0.2) is 60.7 Å². The van der Waals surface area contributed by atoms with E-state index in [2.05, 4.69) is 86.8 Å². The Morgan fingerprint density at radius 1 is 0.828 bits per heavy atom. The molecule has 1 aliphatic rings. The van der Waals surface area contributed by atoms with E-state index in [1.807, 2.05) is 10.7 Å². The molecule has 0 spiro atoms. The van der Waals surface area contributed by atoms with E-state index in [1.54, 1.807) is 0 Å². The normalized spacial score (nSPS) is 16.3. The molecule has 0 N–H and O–H groups in total. The van der Waals surface area contributed by atoms with Crippen molar-refractivity contribution < 1.29 is 0 Å². The van der Waals surface area contributed by atoms with Gasteiger partial charge in [-0.1, -0.05) is 67.6 Å². The van der Waals surface area contributed by atoms with Crippen LogP contribution in [0.3, 0.4) is 0 Å². The van der Waals surface area contributed by atoms with Gasteiger partial charge in [0.05, 0.1) is 12.6 Å². The number of halogens is 1. The third kappa shape index (κ3) is 5.41. The number of tetrazole rings is 1. The summed E-state index contributed by atoms with van der Waals surface area (Å²) in [6.07, 6.45) is 1.01. The average molecular weight is 413 g/mol. The maximum atomic E-state index is 4.39. The van der Waals surface area contributed by atoms with E-state index >= 15 is 0 Å². The van der Waals surface area contributed by atoms with Gasteiger partial charge in [-0.05, 0) is 28.0 Å². The summed E-state index contributed by atoms with van der Waals surface area (Å²) >= 11 is 0. The van der Waals surface area contributed by atoms with E-state index in [-0.39, 0.29) is 18.4 Å². The molecule has 4 rings (SSSR count). The lowest BCUT2D eigenvalue weighted by Gasteiger charge is -2.38. The first-order valence-electron chi connectivity index (χ1n) is 10.1. The van der Waals surface area contributed by atoms with Crippen LogP contribution >= 0.6 is 12.4 Å². The molecule has 1 aliphatic heterocycles. The van der Waals surface area contributed by atoms with Crippen molar-refractivity contribution in [2.24, 2.45) is 0 Å². The summed E-state index contributed by atoms with van der Waals surface area (Å²) in [7, 11) is 0. The number of piperazine rings is 1. The van der Waals surface area contributed by atoms with Crippen molar-refractivity contribution in [3.05, 3.63) is 77.6 Å². The van der Waals surface area contributed by atoms with Gasteiger partial charge in [-0.2, -0.15) is 0 Å². The number of aromatic nitrogens is 4. The second kappa shape index (κ2) is 10.5. The lowest BCUT2D eigenvalue weighted by molar-refractivity contribution is 0.0844. The van der Waals surface area contributed by atoms with Crippen molar-refractivity contribution in [1.82, 2.24) is 30.0 Å². The third-order valence-electron chi connectivity index (χ3n) is 5.52. The zero-order valence-corrected chi connectivity index (χ0v) is 17.7. The topological polar surface area (TPSA) is 50.1 Å². The molecule has 0 aliphatic carbocycles. The van der Waals surface area contributed by atoms with Gasteiger partial charge < -0.3 is 0 Å². The zero-order chi connectivity index (χ0) is 19.2. The highest BCUT2D eigenvalue weighted by molar-refractivity contribution is 5.85. The molecule has 1 fully saturated rings. The molecule has 1 atom stereocenters. The molecule has 29 heavy (non-hydrogen) atoms. The minimum Gasteiger partial charge on any atom is -0.297 e. The predicted octanol–water partition coefficient (Wildman–Crippen LogP) is 3.41. The third-order valence-corrected chi connectivity index (χ3v) is 5.52. The van der Waals surface area contributed by atoms with Crippen LogP contribution in [0.5, 0.6) is 0 Å². The summed E-state index contributed by atoms with van der Waals surface area (Å²) in [6, 6.07) is 21.4. The Hall–Kier alpha value is -2.28. The van der Waals surface area contributed by atoms with Crippen molar-refractivity contribution in [1.29, 1.82) is 0 Å². The van der Waals surface area contributed by atoms with E-state index in [4.69, 9.17) is 0 Å². The van der Waals surface area contributed by atoms with Gasteiger partial charge in [-0.15, -0.1) is 17.5 Å². The van der Waals surface area contributed by atoms with Gasteiger partial charge in [0.2, 0.25) is 0 Å². The minimum atomic E-state index is 0. The molecule has 0 amide bonds. The van der Waals surface area contributed by atoms with Crippen LogP contribution in [0.25, 0.3) is 0 Å². The molecule has 7 heteroatoms. The second-order valence-electron chi connectivity index (χ2n) is 7.40. The van der Waals surface area contributed by atoms with Crippen LogP contribution in [-0.2, 0) is 13.1 Å². The van der Waals surface area contributed by atoms with Crippen LogP contribution in [0.4, 0.5) is 0 Å². The summed E-state index contributed by atoms with van der Waals surface area (Å²) in [5.41, 5.74) is 2.60. The van der Waals surface area contributed by atoms with Crippen molar-refractivity contribution >= 4 is 12.4 Å². The van der Waals surface area contributed by atoms with Gasteiger partial charge in [0, 0.05) is 32.7 Å². The molecule has 3 aromatic rings. The number of hydrogen-bond donors (Lipinski definition) is 0. The molecule has 0 radical (unpaired) electrons. The Morgan fingerprint density at radius 3 is 2.00 bits per heavy atom. The Labute approximate surface area is 178 Å². The van der Waals surface area contributed by atoms with E-state index in [0.29, 0.717) is 6.54 Å². The lowest BCUT2D eigenvalue weighted by atomic mass is 10.1. The molecule has 0 saturated carbocycles. The lowest BCUT2D eigenvalue weighted by Crippen LogP contribution is -2.47. The quantitative estimate of drug-likeness (QED) is 0.595. The summed E-state index contributed by atoms with van der Waals surface area (Å²) in [6.45, 7) is 8.21. The smallest absolute Gasteiger partial charge is 0.168 e. The van der Waals surface area contributed by atoms with Crippen LogP contribution in [-0.4, -0.2) is 56.2 Å². The fourth-order valence-corrected chi connectivity index (χ4v) is 4.00. The average Bonchev–Trinajstić information content (AvgIpc) is 3.19. The minimum absolute atomic E-state index is 0. The maximum absolute atomic E-state index is 4.39. The first-order valence-corrected chi connectivity index (χ1v) is 10.1. The fourth-order valence-electron chi connectivity index (χ4n) is 4.00. The fraction of sp³-hybridized carbons (Fsp3) is 0.409. The number of benzene rings is 2. The maximum Gasteiger partial charge on any atom is 0.168 e. The first kappa shape index (κ1) is 21.4. The van der Waals surface area contributed by atoms with Gasteiger partial charge in [0.15, 0.2) is 5.82 Å². The van der Waals surface area contributed by atoms with E-state index in [1.165, 1.54) is 11.1 Å². The van der Waals surface area contributed by atoms with Crippen molar-refractivity contribution in [2.45, 2.75) is 32.5 Å².